The van der Waals surface area contributed by atoms with E-state index in [1.165, 1.54) is 7.11 Å². The molecule has 27 heavy (non-hydrogen) atoms. The van der Waals surface area contributed by atoms with E-state index >= 15 is 0 Å². The molecule has 0 radical (unpaired) electrons. The number of ether oxygens (including phenoxy) is 1. The molecule has 4 rings (SSSR count). The number of aromatic amines is 1. The number of methoxy groups -OCH3 is 1. The molecule has 2 aliphatic heterocycles. The number of fused-ring (bicyclic) bond motifs is 2. The smallest absolute Gasteiger partial charge is 0.276 e. The lowest BCUT2D eigenvalue weighted by atomic mass is 9.78. The summed E-state index contributed by atoms with van der Waals surface area (Å²) in [6.07, 6.45) is 3.69. The van der Waals surface area contributed by atoms with Crippen molar-refractivity contribution >= 4 is 11.8 Å². The molecular formula is C18H23N5O4. The van der Waals surface area contributed by atoms with Crippen LogP contribution in [0.5, 0.6) is 0 Å². The van der Waals surface area contributed by atoms with E-state index in [0.717, 1.165) is 17.8 Å². The van der Waals surface area contributed by atoms with Crippen molar-refractivity contribution < 1.29 is 18.8 Å². The fourth-order valence-electron chi connectivity index (χ4n) is 4.26. The van der Waals surface area contributed by atoms with Gasteiger partial charge >= 0.3 is 0 Å². The highest BCUT2D eigenvalue weighted by molar-refractivity contribution is 5.92. The largest absolute Gasteiger partial charge is 0.375 e. The van der Waals surface area contributed by atoms with Gasteiger partial charge in [-0.3, -0.25) is 9.59 Å². The number of piperidine rings is 1. The fraction of sp³-hybridized carbons (Fsp3) is 0.556. The van der Waals surface area contributed by atoms with Crippen LogP contribution in [0.1, 0.15) is 40.5 Å². The SMILES string of the molecule is COCC(=O)N1CCc2[nH]cnc2C12CCN(C(=O)c1cc(C)on1)CC2. The Morgan fingerprint density at radius 3 is 2.78 bits per heavy atom. The summed E-state index contributed by atoms with van der Waals surface area (Å²) >= 11 is 0. The van der Waals surface area contributed by atoms with Gasteiger partial charge in [0, 0.05) is 44.9 Å². The van der Waals surface area contributed by atoms with Gasteiger partial charge in [-0.1, -0.05) is 5.16 Å². The number of aromatic nitrogens is 3. The number of hydrogen-bond donors (Lipinski definition) is 1. The lowest BCUT2D eigenvalue weighted by Gasteiger charge is -2.50. The van der Waals surface area contributed by atoms with Gasteiger partial charge in [-0.2, -0.15) is 0 Å². The molecule has 0 bridgehead atoms. The minimum Gasteiger partial charge on any atom is -0.375 e. The molecule has 0 atom stereocenters. The first kappa shape index (κ1) is 17.7. The summed E-state index contributed by atoms with van der Waals surface area (Å²) in [6.45, 7) is 3.47. The molecule has 0 aliphatic carbocycles. The van der Waals surface area contributed by atoms with Crippen molar-refractivity contribution in [3.63, 3.8) is 0 Å². The third-order valence-electron chi connectivity index (χ3n) is 5.55. The summed E-state index contributed by atoms with van der Waals surface area (Å²) in [7, 11) is 1.52. The molecule has 9 nitrogen and oxygen atoms in total. The molecule has 1 saturated heterocycles. The Morgan fingerprint density at radius 2 is 2.11 bits per heavy atom. The van der Waals surface area contributed by atoms with Gasteiger partial charge in [0.2, 0.25) is 5.91 Å². The molecule has 1 N–H and O–H groups in total. The maximum atomic E-state index is 12.7. The summed E-state index contributed by atoms with van der Waals surface area (Å²) in [4.78, 5) is 36.8. The maximum Gasteiger partial charge on any atom is 0.276 e. The van der Waals surface area contributed by atoms with Crippen LogP contribution in [0.15, 0.2) is 16.9 Å². The molecule has 0 saturated carbocycles. The average Bonchev–Trinajstić information content (AvgIpc) is 3.32. The van der Waals surface area contributed by atoms with Crippen molar-refractivity contribution in [3.05, 3.63) is 35.2 Å². The molecule has 0 unspecified atom stereocenters. The molecule has 2 aromatic heterocycles. The van der Waals surface area contributed by atoms with Crippen molar-refractivity contribution in [2.75, 3.05) is 33.4 Å². The third-order valence-corrected chi connectivity index (χ3v) is 5.55. The van der Waals surface area contributed by atoms with Gasteiger partial charge in [-0.15, -0.1) is 0 Å². The second kappa shape index (κ2) is 6.80. The van der Waals surface area contributed by atoms with Crippen LogP contribution in [0.2, 0.25) is 0 Å². The molecule has 4 heterocycles. The molecule has 1 spiro atoms. The number of H-pyrrole nitrogens is 1. The molecule has 1 fully saturated rings. The Bertz CT molecular complexity index is 850. The minimum absolute atomic E-state index is 0.0435. The Morgan fingerprint density at radius 1 is 1.33 bits per heavy atom. The first-order chi connectivity index (χ1) is 13.0. The number of carbonyl (C=O) groups is 2. The van der Waals surface area contributed by atoms with Crippen LogP contribution in [0.25, 0.3) is 0 Å². The molecule has 9 heteroatoms. The summed E-state index contributed by atoms with van der Waals surface area (Å²) in [5.41, 5.74) is 1.81. The van der Waals surface area contributed by atoms with Crippen LogP contribution in [0.3, 0.4) is 0 Å². The van der Waals surface area contributed by atoms with Crippen molar-refractivity contribution in [1.29, 1.82) is 0 Å². The van der Waals surface area contributed by atoms with Crippen molar-refractivity contribution in [2.45, 2.75) is 31.7 Å². The van der Waals surface area contributed by atoms with Gasteiger partial charge < -0.3 is 24.0 Å². The summed E-state index contributed by atoms with van der Waals surface area (Å²) < 4.78 is 10.1. The first-order valence-corrected chi connectivity index (χ1v) is 9.10. The predicted octanol–water partition coefficient (Wildman–Crippen LogP) is 0.869. The van der Waals surface area contributed by atoms with E-state index < -0.39 is 5.54 Å². The normalized spacial score (nSPS) is 18.6. The van der Waals surface area contributed by atoms with Crippen LogP contribution in [0, 0.1) is 6.92 Å². The Balaban J connectivity index is 1.58. The van der Waals surface area contributed by atoms with E-state index in [1.54, 1.807) is 24.2 Å². The zero-order chi connectivity index (χ0) is 19.0. The number of aryl methyl sites for hydroxylation is 1. The van der Waals surface area contributed by atoms with E-state index in [9.17, 15) is 9.59 Å². The number of nitrogens with zero attached hydrogens (tertiary/aromatic N) is 4. The van der Waals surface area contributed by atoms with Crippen LogP contribution < -0.4 is 0 Å². The first-order valence-electron chi connectivity index (χ1n) is 9.10. The number of imidazole rings is 1. The van der Waals surface area contributed by atoms with Gasteiger partial charge in [0.1, 0.15) is 12.4 Å². The van der Waals surface area contributed by atoms with Crippen LogP contribution in [0.4, 0.5) is 0 Å². The van der Waals surface area contributed by atoms with E-state index in [0.29, 0.717) is 43.9 Å². The van der Waals surface area contributed by atoms with Crippen LogP contribution in [-0.2, 0) is 21.5 Å². The van der Waals surface area contributed by atoms with Gasteiger partial charge in [-0.25, -0.2) is 4.98 Å². The Labute approximate surface area is 156 Å². The zero-order valence-corrected chi connectivity index (χ0v) is 15.5. The van der Waals surface area contributed by atoms with Crippen molar-refractivity contribution in [3.8, 4) is 0 Å². The molecule has 144 valence electrons. The number of nitrogens with one attached hydrogen (secondary N) is 1. The summed E-state index contributed by atoms with van der Waals surface area (Å²) in [6, 6.07) is 1.65. The van der Waals surface area contributed by atoms with Crippen molar-refractivity contribution in [1.82, 2.24) is 24.9 Å². The quantitative estimate of drug-likeness (QED) is 0.856. The van der Waals surface area contributed by atoms with E-state index in [1.807, 2.05) is 4.90 Å². The highest BCUT2D eigenvalue weighted by Gasteiger charge is 2.49. The molecule has 0 aromatic carbocycles. The number of carbonyl (C=O) groups excluding carboxylic acids is 2. The lowest BCUT2D eigenvalue weighted by molar-refractivity contribution is -0.145. The minimum atomic E-state index is -0.500. The van der Waals surface area contributed by atoms with Crippen LogP contribution in [-0.4, -0.2) is 70.1 Å². The third kappa shape index (κ3) is 2.91. The van der Waals surface area contributed by atoms with E-state index in [2.05, 4.69) is 15.1 Å². The summed E-state index contributed by atoms with van der Waals surface area (Å²) in [5, 5.41) is 3.83. The second-order valence-electron chi connectivity index (χ2n) is 7.10. The summed E-state index contributed by atoms with van der Waals surface area (Å²) in [5.74, 6) is 0.421. The van der Waals surface area contributed by atoms with Crippen LogP contribution >= 0.6 is 0 Å². The number of hydrogen-bond acceptors (Lipinski definition) is 6. The molecule has 2 amide bonds. The molecule has 2 aromatic rings. The average molecular weight is 373 g/mol. The predicted molar refractivity (Wildman–Crippen MR) is 93.9 cm³/mol. The van der Waals surface area contributed by atoms with Gasteiger partial charge in [0.15, 0.2) is 5.69 Å². The topological polar surface area (TPSA) is 105 Å². The number of amides is 2. The monoisotopic (exact) mass is 373 g/mol. The number of rotatable bonds is 3. The standard InChI is InChI=1S/C18H23N5O4/c1-12-9-14(21-27-12)17(25)22-7-4-18(5-8-22)16-13(19-11-20-16)3-6-23(18)15(24)10-26-2/h9,11H,3-8,10H2,1-2H3,(H,19,20). The van der Waals surface area contributed by atoms with E-state index in [-0.39, 0.29) is 18.4 Å². The molecular weight excluding hydrogens is 350 g/mol. The van der Waals surface area contributed by atoms with Gasteiger partial charge in [-0.05, 0) is 19.8 Å². The maximum absolute atomic E-state index is 12.7. The Hall–Kier alpha value is -2.68. The Kier molecular flexibility index (Phi) is 4.47. The van der Waals surface area contributed by atoms with Gasteiger partial charge in [0.25, 0.3) is 5.91 Å². The fourth-order valence-corrected chi connectivity index (χ4v) is 4.26. The molecule has 2 aliphatic rings. The lowest BCUT2D eigenvalue weighted by Crippen LogP contribution is -2.59. The number of likely N-dealkylation sites (tertiary alicyclic amines) is 1. The van der Waals surface area contributed by atoms with E-state index in [4.69, 9.17) is 9.26 Å². The van der Waals surface area contributed by atoms with Crippen molar-refractivity contribution in [2.24, 2.45) is 0 Å². The second-order valence-corrected chi connectivity index (χ2v) is 7.10. The highest BCUT2D eigenvalue weighted by atomic mass is 16.5. The zero-order valence-electron chi connectivity index (χ0n) is 15.5. The highest BCUT2D eigenvalue weighted by Crippen LogP contribution is 2.42. The van der Waals surface area contributed by atoms with Gasteiger partial charge in [0.05, 0.1) is 17.6 Å².